The fourth-order valence-electron chi connectivity index (χ4n) is 2.45. The van der Waals surface area contributed by atoms with Crippen LogP contribution in [0.2, 0.25) is 5.02 Å². The number of halogens is 2. The first kappa shape index (κ1) is 14.0. The van der Waals surface area contributed by atoms with Gasteiger partial charge in [-0.1, -0.05) is 35.9 Å². The van der Waals surface area contributed by atoms with E-state index in [0.717, 1.165) is 5.56 Å². The molecule has 0 spiro atoms. The van der Waals surface area contributed by atoms with Crippen LogP contribution in [0.15, 0.2) is 42.5 Å². The van der Waals surface area contributed by atoms with Crippen LogP contribution in [-0.2, 0) is 17.8 Å². The summed E-state index contributed by atoms with van der Waals surface area (Å²) in [6.07, 6.45) is 0.606. The molecule has 0 unspecified atom stereocenters. The summed E-state index contributed by atoms with van der Waals surface area (Å²) in [6.45, 7) is 0.644. The van der Waals surface area contributed by atoms with E-state index in [-0.39, 0.29) is 11.9 Å². The van der Waals surface area contributed by atoms with Gasteiger partial charge in [-0.15, -0.1) is 0 Å². The lowest BCUT2D eigenvalue weighted by molar-refractivity contribution is -0.118. The van der Waals surface area contributed by atoms with Gasteiger partial charge in [0.05, 0.1) is 16.8 Å². The fraction of sp³-hybridized carbons (Fsp3) is 0.188. The molecule has 0 saturated heterocycles. The molecule has 2 aromatic carbocycles. The number of fused-ring (bicyclic) bond motifs is 1. The summed E-state index contributed by atoms with van der Waals surface area (Å²) in [5, 5.41) is 6.18. The second-order valence-electron chi connectivity index (χ2n) is 5.02. The molecule has 0 radical (unpaired) electrons. The zero-order valence-corrected chi connectivity index (χ0v) is 12.0. The Morgan fingerprint density at radius 2 is 2.00 bits per heavy atom. The van der Waals surface area contributed by atoms with E-state index in [1.165, 1.54) is 23.8 Å². The Hall–Kier alpha value is -1.91. The predicted octanol–water partition coefficient (Wildman–Crippen LogP) is 3.13. The molecule has 1 heterocycles. The van der Waals surface area contributed by atoms with Gasteiger partial charge in [0, 0.05) is 6.54 Å². The van der Waals surface area contributed by atoms with Crippen LogP contribution in [-0.4, -0.2) is 11.9 Å². The lowest BCUT2D eigenvalue weighted by atomic mass is 9.95. The van der Waals surface area contributed by atoms with Crippen LogP contribution in [0.25, 0.3) is 0 Å². The Morgan fingerprint density at radius 3 is 2.81 bits per heavy atom. The van der Waals surface area contributed by atoms with Crippen molar-refractivity contribution >= 4 is 23.2 Å². The SMILES string of the molecule is O=C(Nc1cc(F)ccc1Cl)[C@H]1Cc2ccccc2CN1. The van der Waals surface area contributed by atoms with Crippen molar-refractivity contribution in [3.05, 3.63) is 64.4 Å². The molecule has 3 rings (SSSR count). The standard InChI is InChI=1S/C16H14ClFN2O/c17-13-6-5-12(18)8-14(13)20-16(21)15-7-10-3-1-2-4-11(10)9-19-15/h1-6,8,15,19H,7,9H2,(H,20,21)/t15-/m1/s1. The highest BCUT2D eigenvalue weighted by molar-refractivity contribution is 6.33. The number of hydrogen-bond donors (Lipinski definition) is 2. The molecule has 0 saturated carbocycles. The third kappa shape index (κ3) is 3.06. The average molecular weight is 305 g/mol. The Bertz CT molecular complexity index is 690. The summed E-state index contributed by atoms with van der Waals surface area (Å²) < 4.78 is 13.2. The molecular formula is C16H14ClFN2O. The van der Waals surface area contributed by atoms with Crippen molar-refractivity contribution in [1.82, 2.24) is 5.32 Å². The second-order valence-corrected chi connectivity index (χ2v) is 5.43. The summed E-state index contributed by atoms with van der Waals surface area (Å²) in [5.74, 6) is -0.645. The molecule has 2 N–H and O–H groups in total. The summed E-state index contributed by atoms with van der Waals surface area (Å²) >= 11 is 5.96. The summed E-state index contributed by atoms with van der Waals surface area (Å²) in [5.41, 5.74) is 2.65. The molecule has 0 bridgehead atoms. The number of hydrogen-bond acceptors (Lipinski definition) is 2. The van der Waals surface area contributed by atoms with E-state index in [1.54, 1.807) is 0 Å². The van der Waals surface area contributed by atoms with Crippen molar-refractivity contribution < 1.29 is 9.18 Å². The van der Waals surface area contributed by atoms with Crippen LogP contribution in [0.5, 0.6) is 0 Å². The first-order valence-corrected chi connectivity index (χ1v) is 7.07. The van der Waals surface area contributed by atoms with E-state index in [1.807, 2.05) is 24.3 Å². The molecular weight excluding hydrogens is 291 g/mol. The quantitative estimate of drug-likeness (QED) is 0.895. The molecule has 0 aromatic heterocycles. The molecule has 0 fully saturated rings. The highest BCUT2D eigenvalue weighted by Crippen LogP contribution is 2.23. The zero-order valence-electron chi connectivity index (χ0n) is 11.2. The maximum absolute atomic E-state index is 13.2. The first-order valence-electron chi connectivity index (χ1n) is 6.69. The Morgan fingerprint density at radius 1 is 1.24 bits per heavy atom. The van der Waals surface area contributed by atoms with E-state index in [4.69, 9.17) is 11.6 Å². The van der Waals surface area contributed by atoms with Gasteiger partial charge in [-0.05, 0) is 35.7 Å². The molecule has 5 heteroatoms. The van der Waals surface area contributed by atoms with Crippen molar-refractivity contribution in [3.8, 4) is 0 Å². The highest BCUT2D eigenvalue weighted by Gasteiger charge is 2.24. The minimum atomic E-state index is -0.434. The van der Waals surface area contributed by atoms with Crippen molar-refractivity contribution in [2.45, 2.75) is 19.0 Å². The van der Waals surface area contributed by atoms with Crippen molar-refractivity contribution in [2.24, 2.45) is 0 Å². The summed E-state index contributed by atoms with van der Waals surface area (Å²) in [4.78, 5) is 12.3. The number of benzene rings is 2. The molecule has 1 aliphatic rings. The van der Waals surface area contributed by atoms with Crippen LogP contribution in [0.3, 0.4) is 0 Å². The van der Waals surface area contributed by atoms with E-state index >= 15 is 0 Å². The number of carbonyl (C=O) groups excluding carboxylic acids is 1. The largest absolute Gasteiger partial charge is 0.323 e. The smallest absolute Gasteiger partial charge is 0.241 e. The summed E-state index contributed by atoms with van der Waals surface area (Å²) in [6, 6.07) is 11.6. The molecule has 108 valence electrons. The molecule has 0 aliphatic carbocycles. The predicted molar refractivity (Wildman–Crippen MR) is 80.8 cm³/mol. The van der Waals surface area contributed by atoms with Gasteiger partial charge in [-0.2, -0.15) is 0 Å². The number of carbonyl (C=O) groups is 1. The maximum atomic E-state index is 13.2. The molecule has 1 atom stereocenters. The Balaban J connectivity index is 1.74. The highest BCUT2D eigenvalue weighted by atomic mass is 35.5. The van der Waals surface area contributed by atoms with Gasteiger partial charge < -0.3 is 10.6 Å². The summed E-state index contributed by atoms with van der Waals surface area (Å²) in [7, 11) is 0. The number of nitrogens with one attached hydrogen (secondary N) is 2. The topological polar surface area (TPSA) is 41.1 Å². The molecule has 21 heavy (non-hydrogen) atoms. The molecule has 1 aliphatic heterocycles. The van der Waals surface area contributed by atoms with Gasteiger partial charge >= 0.3 is 0 Å². The van der Waals surface area contributed by atoms with Crippen LogP contribution in [0, 0.1) is 5.82 Å². The van der Waals surface area contributed by atoms with E-state index < -0.39 is 5.82 Å². The second kappa shape index (κ2) is 5.84. The molecule has 3 nitrogen and oxygen atoms in total. The van der Waals surface area contributed by atoms with Crippen molar-refractivity contribution in [1.29, 1.82) is 0 Å². The van der Waals surface area contributed by atoms with Gasteiger partial charge in [-0.3, -0.25) is 4.79 Å². The Labute approximate surface area is 127 Å². The minimum absolute atomic E-state index is 0.211. The van der Waals surface area contributed by atoms with Crippen LogP contribution >= 0.6 is 11.6 Å². The first-order chi connectivity index (χ1) is 10.1. The monoisotopic (exact) mass is 304 g/mol. The lowest BCUT2D eigenvalue weighted by Crippen LogP contribution is -2.44. The third-order valence-electron chi connectivity index (χ3n) is 3.58. The number of anilines is 1. The number of amides is 1. The fourth-order valence-corrected chi connectivity index (χ4v) is 2.62. The van der Waals surface area contributed by atoms with Gasteiger partial charge in [0.25, 0.3) is 0 Å². The van der Waals surface area contributed by atoms with Gasteiger partial charge in [0.2, 0.25) is 5.91 Å². The van der Waals surface area contributed by atoms with E-state index in [2.05, 4.69) is 10.6 Å². The lowest BCUT2D eigenvalue weighted by Gasteiger charge is -2.25. The third-order valence-corrected chi connectivity index (χ3v) is 3.91. The Kier molecular flexibility index (Phi) is 3.90. The van der Waals surface area contributed by atoms with Gasteiger partial charge in [-0.25, -0.2) is 4.39 Å². The van der Waals surface area contributed by atoms with Crippen LogP contribution < -0.4 is 10.6 Å². The normalized spacial score (nSPS) is 17.1. The average Bonchev–Trinajstić information content (AvgIpc) is 2.50. The van der Waals surface area contributed by atoms with Gasteiger partial charge in [0.15, 0.2) is 0 Å². The van der Waals surface area contributed by atoms with Crippen LogP contribution in [0.1, 0.15) is 11.1 Å². The van der Waals surface area contributed by atoms with Crippen molar-refractivity contribution in [2.75, 3.05) is 5.32 Å². The van der Waals surface area contributed by atoms with Gasteiger partial charge in [0.1, 0.15) is 5.82 Å². The van der Waals surface area contributed by atoms with Crippen molar-refractivity contribution in [3.63, 3.8) is 0 Å². The number of rotatable bonds is 2. The molecule has 1 amide bonds. The van der Waals surface area contributed by atoms with E-state index in [0.29, 0.717) is 23.7 Å². The minimum Gasteiger partial charge on any atom is -0.323 e. The zero-order chi connectivity index (χ0) is 14.8. The molecule has 2 aromatic rings. The van der Waals surface area contributed by atoms with Crippen LogP contribution in [0.4, 0.5) is 10.1 Å². The maximum Gasteiger partial charge on any atom is 0.241 e. The van der Waals surface area contributed by atoms with E-state index in [9.17, 15) is 9.18 Å².